The van der Waals surface area contributed by atoms with Crippen molar-refractivity contribution < 1.29 is 13.9 Å². The lowest BCUT2D eigenvalue weighted by molar-refractivity contribution is 0.102. The van der Waals surface area contributed by atoms with E-state index >= 15 is 0 Å². The number of ether oxygens (including phenoxy) is 1. The molecule has 2 N–H and O–H groups in total. The van der Waals surface area contributed by atoms with Crippen molar-refractivity contribution in [3.05, 3.63) is 82.9 Å². The first-order chi connectivity index (χ1) is 13.0. The first-order valence-electron chi connectivity index (χ1n) is 8.13. The predicted molar refractivity (Wildman–Crippen MR) is 104 cm³/mol. The van der Waals surface area contributed by atoms with Gasteiger partial charge in [-0.25, -0.2) is 4.39 Å². The first kappa shape index (κ1) is 18.7. The molecular formula is C20H17ClFN3O2. The van der Waals surface area contributed by atoms with E-state index in [2.05, 4.69) is 15.6 Å². The molecule has 0 aliphatic carbocycles. The molecule has 0 spiro atoms. The Hall–Kier alpha value is -3.12. The number of halogens is 2. The van der Waals surface area contributed by atoms with Crippen LogP contribution in [0.5, 0.6) is 5.75 Å². The number of hydrogen-bond donors (Lipinski definition) is 2. The van der Waals surface area contributed by atoms with Crippen LogP contribution in [-0.4, -0.2) is 18.0 Å². The van der Waals surface area contributed by atoms with E-state index in [0.717, 1.165) is 5.56 Å². The molecule has 138 valence electrons. The minimum absolute atomic E-state index is 0.280. The molecule has 7 heteroatoms. The third kappa shape index (κ3) is 4.95. The largest absolute Gasteiger partial charge is 0.495 e. The fourth-order valence-electron chi connectivity index (χ4n) is 2.41. The molecule has 1 amide bonds. The predicted octanol–water partition coefficient (Wildman–Crippen LogP) is 4.75. The van der Waals surface area contributed by atoms with E-state index < -0.39 is 0 Å². The summed E-state index contributed by atoms with van der Waals surface area (Å²) in [5, 5.41) is 6.34. The van der Waals surface area contributed by atoms with Crippen LogP contribution in [0.2, 0.25) is 5.02 Å². The molecule has 0 aliphatic heterocycles. The SMILES string of the molecule is COc1ccc(NC(=O)c2cncc(NCc3ccc(F)cc3)c2)cc1Cl. The van der Waals surface area contributed by atoms with E-state index in [1.165, 1.54) is 25.4 Å². The molecule has 0 saturated carbocycles. The van der Waals surface area contributed by atoms with Gasteiger partial charge in [-0.2, -0.15) is 0 Å². The van der Waals surface area contributed by atoms with Crippen LogP contribution >= 0.6 is 11.6 Å². The number of carbonyl (C=O) groups is 1. The van der Waals surface area contributed by atoms with Crippen molar-refractivity contribution in [2.75, 3.05) is 17.7 Å². The topological polar surface area (TPSA) is 63.2 Å². The van der Waals surface area contributed by atoms with Crippen LogP contribution in [0.4, 0.5) is 15.8 Å². The second-order valence-corrected chi connectivity index (χ2v) is 6.15. The van der Waals surface area contributed by atoms with Crippen LogP contribution in [0.3, 0.4) is 0 Å². The second-order valence-electron chi connectivity index (χ2n) is 5.75. The van der Waals surface area contributed by atoms with Crippen molar-refractivity contribution in [3.8, 4) is 5.75 Å². The highest BCUT2D eigenvalue weighted by molar-refractivity contribution is 6.32. The minimum Gasteiger partial charge on any atom is -0.495 e. The summed E-state index contributed by atoms with van der Waals surface area (Å²) < 4.78 is 18.0. The molecule has 1 heterocycles. The van der Waals surface area contributed by atoms with E-state index in [1.54, 1.807) is 42.6 Å². The number of aromatic nitrogens is 1. The summed E-state index contributed by atoms with van der Waals surface area (Å²) in [5.41, 5.74) is 2.54. The average molecular weight is 386 g/mol. The van der Waals surface area contributed by atoms with E-state index in [1.807, 2.05) is 0 Å². The quantitative estimate of drug-likeness (QED) is 0.643. The van der Waals surface area contributed by atoms with Gasteiger partial charge in [-0.05, 0) is 42.0 Å². The third-order valence-electron chi connectivity index (χ3n) is 3.82. The Morgan fingerprint density at radius 2 is 1.89 bits per heavy atom. The molecule has 0 fully saturated rings. The maximum absolute atomic E-state index is 12.9. The Bertz CT molecular complexity index is 948. The molecule has 3 aromatic rings. The van der Waals surface area contributed by atoms with Crippen molar-refractivity contribution in [2.24, 2.45) is 0 Å². The third-order valence-corrected chi connectivity index (χ3v) is 4.12. The molecule has 3 rings (SSSR count). The van der Waals surface area contributed by atoms with Crippen LogP contribution in [0, 0.1) is 5.82 Å². The van der Waals surface area contributed by atoms with Gasteiger partial charge >= 0.3 is 0 Å². The van der Waals surface area contributed by atoms with E-state index in [-0.39, 0.29) is 11.7 Å². The number of nitrogens with one attached hydrogen (secondary N) is 2. The van der Waals surface area contributed by atoms with Crippen LogP contribution < -0.4 is 15.4 Å². The summed E-state index contributed by atoms with van der Waals surface area (Å²) in [6.07, 6.45) is 3.09. The van der Waals surface area contributed by atoms with Gasteiger partial charge in [0.25, 0.3) is 5.91 Å². The second kappa shape index (κ2) is 8.51. The molecular weight excluding hydrogens is 369 g/mol. The molecule has 0 bridgehead atoms. The molecule has 1 aromatic heterocycles. The molecule has 0 aliphatic rings. The van der Waals surface area contributed by atoms with Gasteiger partial charge in [-0.3, -0.25) is 9.78 Å². The standard InChI is InChI=1S/C20H17ClFN3O2/c1-27-19-7-6-16(9-18(19)21)25-20(26)14-8-17(12-23-11-14)24-10-13-2-4-15(22)5-3-13/h2-9,11-12,24H,10H2,1H3,(H,25,26). The van der Waals surface area contributed by atoms with Gasteiger partial charge in [0, 0.05) is 24.6 Å². The number of nitrogens with zero attached hydrogens (tertiary/aromatic N) is 1. The lowest BCUT2D eigenvalue weighted by Crippen LogP contribution is -2.13. The fraction of sp³-hybridized carbons (Fsp3) is 0.100. The fourth-order valence-corrected chi connectivity index (χ4v) is 2.67. The molecule has 5 nitrogen and oxygen atoms in total. The number of rotatable bonds is 6. The summed E-state index contributed by atoms with van der Waals surface area (Å²) in [6.45, 7) is 0.487. The monoisotopic (exact) mass is 385 g/mol. The maximum atomic E-state index is 12.9. The van der Waals surface area contributed by atoms with Crippen LogP contribution in [0.15, 0.2) is 60.9 Å². The number of anilines is 2. The van der Waals surface area contributed by atoms with Crippen molar-refractivity contribution in [2.45, 2.75) is 6.54 Å². The molecule has 0 radical (unpaired) electrons. The zero-order valence-corrected chi connectivity index (χ0v) is 15.3. The Morgan fingerprint density at radius 3 is 2.59 bits per heavy atom. The molecule has 0 atom stereocenters. The number of benzene rings is 2. The number of carbonyl (C=O) groups excluding carboxylic acids is 1. The molecule has 0 unspecified atom stereocenters. The van der Waals surface area contributed by atoms with Gasteiger partial charge in [0.1, 0.15) is 11.6 Å². The Morgan fingerprint density at radius 1 is 1.11 bits per heavy atom. The Balaban J connectivity index is 1.66. The summed E-state index contributed by atoms with van der Waals surface area (Å²) in [7, 11) is 1.52. The number of methoxy groups -OCH3 is 1. The van der Waals surface area contributed by atoms with E-state index in [4.69, 9.17) is 16.3 Å². The minimum atomic E-state index is -0.311. The van der Waals surface area contributed by atoms with E-state index in [0.29, 0.717) is 34.3 Å². The van der Waals surface area contributed by atoms with Crippen LogP contribution in [-0.2, 0) is 6.54 Å². The number of amides is 1. The van der Waals surface area contributed by atoms with Crippen LogP contribution in [0.1, 0.15) is 15.9 Å². The van der Waals surface area contributed by atoms with Gasteiger partial charge in [0.2, 0.25) is 0 Å². The molecule has 27 heavy (non-hydrogen) atoms. The summed E-state index contributed by atoms with van der Waals surface area (Å²) in [4.78, 5) is 16.5. The van der Waals surface area contributed by atoms with Gasteiger partial charge in [0.15, 0.2) is 0 Å². The highest BCUT2D eigenvalue weighted by atomic mass is 35.5. The Labute approximate surface area is 161 Å². The number of hydrogen-bond acceptors (Lipinski definition) is 4. The number of pyridine rings is 1. The average Bonchev–Trinajstić information content (AvgIpc) is 2.68. The first-order valence-corrected chi connectivity index (χ1v) is 8.51. The summed E-state index contributed by atoms with van der Waals surface area (Å²) in [5.74, 6) is -0.0600. The van der Waals surface area contributed by atoms with Crippen molar-refractivity contribution in [1.29, 1.82) is 0 Å². The van der Waals surface area contributed by atoms with Crippen molar-refractivity contribution >= 4 is 28.9 Å². The van der Waals surface area contributed by atoms with Crippen molar-refractivity contribution in [1.82, 2.24) is 4.98 Å². The highest BCUT2D eigenvalue weighted by Gasteiger charge is 2.09. The summed E-state index contributed by atoms with van der Waals surface area (Å²) in [6, 6.07) is 12.9. The normalized spacial score (nSPS) is 10.3. The lowest BCUT2D eigenvalue weighted by Gasteiger charge is -2.10. The van der Waals surface area contributed by atoms with Crippen molar-refractivity contribution in [3.63, 3.8) is 0 Å². The molecule has 2 aromatic carbocycles. The van der Waals surface area contributed by atoms with Gasteiger partial charge in [-0.15, -0.1) is 0 Å². The van der Waals surface area contributed by atoms with Gasteiger partial charge in [-0.1, -0.05) is 23.7 Å². The smallest absolute Gasteiger partial charge is 0.257 e. The van der Waals surface area contributed by atoms with Crippen LogP contribution in [0.25, 0.3) is 0 Å². The van der Waals surface area contributed by atoms with E-state index in [9.17, 15) is 9.18 Å². The molecule has 0 saturated heterocycles. The lowest BCUT2D eigenvalue weighted by atomic mass is 10.2. The van der Waals surface area contributed by atoms with Gasteiger partial charge in [0.05, 0.1) is 23.4 Å². The Kier molecular flexibility index (Phi) is 5.88. The van der Waals surface area contributed by atoms with Gasteiger partial charge < -0.3 is 15.4 Å². The zero-order chi connectivity index (χ0) is 19.2. The summed E-state index contributed by atoms with van der Waals surface area (Å²) >= 11 is 6.07. The highest BCUT2D eigenvalue weighted by Crippen LogP contribution is 2.27. The zero-order valence-electron chi connectivity index (χ0n) is 14.5. The maximum Gasteiger partial charge on any atom is 0.257 e.